The molecule has 190 valence electrons. The molecule has 3 heterocycles. The van der Waals surface area contributed by atoms with Gasteiger partial charge in [0.05, 0.1) is 38.1 Å². The predicted molar refractivity (Wildman–Crippen MR) is 136 cm³/mol. The predicted octanol–water partition coefficient (Wildman–Crippen LogP) is 5.99. The van der Waals surface area contributed by atoms with Crippen LogP contribution >= 0.6 is 0 Å². The number of unbranched alkanes of at least 4 members (excludes halogenated alkanes) is 1. The van der Waals surface area contributed by atoms with Crippen LogP contribution in [-0.4, -0.2) is 35.4 Å². The number of aliphatic hydroxyl groups excluding tert-OH is 1. The van der Waals surface area contributed by atoms with E-state index in [1.165, 1.54) is 18.3 Å². The minimum Gasteiger partial charge on any atom is -0.503 e. The van der Waals surface area contributed by atoms with Crippen LogP contribution in [0.2, 0.25) is 0 Å². The van der Waals surface area contributed by atoms with Gasteiger partial charge in [0.15, 0.2) is 22.9 Å². The highest BCUT2D eigenvalue weighted by Gasteiger charge is 2.45. The van der Waals surface area contributed by atoms with E-state index >= 15 is 0 Å². The first-order valence-corrected chi connectivity index (χ1v) is 12.1. The molecule has 1 unspecified atom stereocenters. The molecule has 8 heteroatoms. The number of para-hydroxylation sites is 1. The molecule has 8 nitrogen and oxygen atoms in total. The van der Waals surface area contributed by atoms with Crippen LogP contribution in [0, 0.1) is 0 Å². The fraction of sp³-hybridized carbons (Fsp3) is 0.241. The van der Waals surface area contributed by atoms with Crippen LogP contribution in [0.4, 0.5) is 0 Å². The Hall–Kier alpha value is -4.46. The molecule has 1 amide bonds. The van der Waals surface area contributed by atoms with Crippen molar-refractivity contribution in [3.05, 3.63) is 95.3 Å². The van der Waals surface area contributed by atoms with E-state index in [0.717, 1.165) is 12.8 Å². The Morgan fingerprint density at radius 1 is 1.11 bits per heavy atom. The van der Waals surface area contributed by atoms with Crippen molar-refractivity contribution in [2.45, 2.75) is 32.4 Å². The summed E-state index contributed by atoms with van der Waals surface area (Å²) < 4.78 is 22.4. The Morgan fingerprint density at radius 3 is 2.62 bits per heavy atom. The second-order valence-corrected chi connectivity index (χ2v) is 8.77. The van der Waals surface area contributed by atoms with Crippen LogP contribution in [-0.2, 0) is 11.3 Å². The van der Waals surface area contributed by atoms with Crippen molar-refractivity contribution in [1.82, 2.24) is 4.90 Å². The number of hydrogen-bond acceptors (Lipinski definition) is 7. The van der Waals surface area contributed by atoms with Crippen LogP contribution in [0.3, 0.4) is 0 Å². The summed E-state index contributed by atoms with van der Waals surface area (Å²) in [5, 5.41) is 11.6. The molecule has 1 atom stereocenters. The molecule has 0 saturated carbocycles. The van der Waals surface area contributed by atoms with E-state index in [9.17, 15) is 14.7 Å². The molecule has 37 heavy (non-hydrogen) atoms. The van der Waals surface area contributed by atoms with Gasteiger partial charge in [0, 0.05) is 5.39 Å². The van der Waals surface area contributed by atoms with Crippen LogP contribution in [0.1, 0.15) is 47.7 Å². The monoisotopic (exact) mass is 501 g/mol. The number of hydrogen-bond donors (Lipinski definition) is 1. The average molecular weight is 502 g/mol. The molecule has 1 aliphatic rings. The Bertz CT molecular complexity index is 1450. The number of furan rings is 2. The van der Waals surface area contributed by atoms with E-state index in [4.69, 9.17) is 18.3 Å². The smallest absolute Gasteiger partial charge is 0.290 e. The summed E-state index contributed by atoms with van der Waals surface area (Å²) in [5.41, 5.74) is 0.994. The molecule has 4 aromatic rings. The second-order valence-electron chi connectivity index (χ2n) is 8.77. The topological polar surface area (TPSA) is 102 Å². The maximum atomic E-state index is 13.8. The van der Waals surface area contributed by atoms with E-state index in [-0.39, 0.29) is 17.9 Å². The summed E-state index contributed by atoms with van der Waals surface area (Å²) >= 11 is 0. The van der Waals surface area contributed by atoms with Crippen molar-refractivity contribution in [1.29, 1.82) is 0 Å². The molecule has 0 fully saturated rings. The van der Waals surface area contributed by atoms with Gasteiger partial charge in [-0.15, -0.1) is 0 Å². The maximum Gasteiger partial charge on any atom is 0.290 e. The largest absolute Gasteiger partial charge is 0.503 e. The minimum atomic E-state index is -0.857. The third-order valence-electron chi connectivity index (χ3n) is 6.37. The summed E-state index contributed by atoms with van der Waals surface area (Å²) in [6.07, 6.45) is 3.47. The van der Waals surface area contributed by atoms with Crippen molar-refractivity contribution < 1.29 is 33.0 Å². The second kappa shape index (κ2) is 10.3. The molecule has 5 rings (SSSR count). The number of aliphatic hydroxyl groups is 1. The molecule has 2 aromatic carbocycles. The zero-order valence-electron chi connectivity index (χ0n) is 20.6. The lowest BCUT2D eigenvalue weighted by molar-refractivity contribution is -0.130. The van der Waals surface area contributed by atoms with Gasteiger partial charge in [-0.05, 0) is 48.4 Å². The number of fused-ring (bicyclic) bond motifs is 1. The number of rotatable bonds is 10. The van der Waals surface area contributed by atoms with Crippen LogP contribution in [0.5, 0.6) is 11.5 Å². The highest BCUT2D eigenvalue weighted by Crippen LogP contribution is 2.41. The minimum absolute atomic E-state index is 0.00165. The Morgan fingerprint density at radius 2 is 1.92 bits per heavy atom. The first-order valence-electron chi connectivity index (χ1n) is 12.1. The Kier molecular flexibility index (Phi) is 6.72. The molecular weight excluding hydrogens is 474 g/mol. The summed E-state index contributed by atoms with van der Waals surface area (Å²) in [5.74, 6) is -0.180. The molecule has 0 aliphatic carbocycles. The number of benzene rings is 2. The van der Waals surface area contributed by atoms with E-state index < -0.39 is 23.5 Å². The lowest BCUT2D eigenvalue weighted by atomic mass is 9.95. The molecule has 0 radical (unpaired) electrons. The average Bonchev–Trinajstić information content (AvgIpc) is 3.64. The zero-order chi connectivity index (χ0) is 25.9. The van der Waals surface area contributed by atoms with Gasteiger partial charge in [-0.1, -0.05) is 37.6 Å². The third-order valence-corrected chi connectivity index (χ3v) is 6.37. The standard InChI is InChI=1S/C29H27NO7/c1-3-4-14-35-20-12-10-18(11-13-20)25-24(27(32)29(33)30(25)17-21-8-6-15-36-21)26(31)23-16-19-7-5-9-22(34-2)28(19)37-23/h5-13,15-16,25,32H,3-4,14,17H2,1-2H3. The fourth-order valence-electron chi connectivity index (χ4n) is 4.49. The number of methoxy groups -OCH3 is 1. The zero-order valence-corrected chi connectivity index (χ0v) is 20.6. The van der Waals surface area contributed by atoms with Gasteiger partial charge in [-0.2, -0.15) is 0 Å². The van der Waals surface area contributed by atoms with Gasteiger partial charge in [0.25, 0.3) is 5.91 Å². The van der Waals surface area contributed by atoms with Crippen molar-refractivity contribution in [2.24, 2.45) is 0 Å². The summed E-state index contributed by atoms with van der Waals surface area (Å²) in [6, 6.07) is 16.7. The van der Waals surface area contributed by atoms with Gasteiger partial charge in [-0.3, -0.25) is 9.59 Å². The first kappa shape index (κ1) is 24.2. The molecule has 0 saturated heterocycles. The van der Waals surface area contributed by atoms with E-state index in [2.05, 4.69) is 6.92 Å². The van der Waals surface area contributed by atoms with Crippen molar-refractivity contribution in [2.75, 3.05) is 13.7 Å². The van der Waals surface area contributed by atoms with E-state index in [1.54, 1.807) is 60.7 Å². The summed E-state index contributed by atoms with van der Waals surface area (Å²) in [6.45, 7) is 2.76. The molecule has 1 aliphatic heterocycles. The Balaban J connectivity index is 1.54. The van der Waals surface area contributed by atoms with Gasteiger partial charge >= 0.3 is 0 Å². The van der Waals surface area contributed by atoms with Gasteiger partial charge < -0.3 is 28.3 Å². The lowest BCUT2D eigenvalue weighted by Gasteiger charge is -2.26. The quantitative estimate of drug-likeness (QED) is 0.210. The molecule has 2 aromatic heterocycles. The number of carbonyl (C=O) groups is 2. The maximum absolute atomic E-state index is 13.8. The van der Waals surface area contributed by atoms with E-state index in [1.807, 2.05) is 0 Å². The first-order chi connectivity index (χ1) is 18.0. The van der Waals surface area contributed by atoms with Crippen LogP contribution in [0.25, 0.3) is 11.0 Å². The lowest BCUT2D eigenvalue weighted by Crippen LogP contribution is -2.30. The normalized spacial score (nSPS) is 15.6. The van der Waals surface area contributed by atoms with Crippen molar-refractivity contribution in [3.63, 3.8) is 0 Å². The fourth-order valence-corrected chi connectivity index (χ4v) is 4.49. The van der Waals surface area contributed by atoms with Crippen molar-refractivity contribution >= 4 is 22.7 Å². The summed E-state index contributed by atoms with van der Waals surface area (Å²) in [7, 11) is 1.51. The number of amides is 1. The third kappa shape index (κ3) is 4.58. The molecule has 0 spiro atoms. The number of ketones is 1. The number of Topliss-reactive ketones (excluding diaryl/α,β-unsaturated/α-hetero) is 1. The highest BCUT2D eigenvalue weighted by molar-refractivity contribution is 6.16. The van der Waals surface area contributed by atoms with Crippen molar-refractivity contribution in [3.8, 4) is 11.5 Å². The van der Waals surface area contributed by atoms with Gasteiger partial charge in [0.1, 0.15) is 11.5 Å². The number of carbonyl (C=O) groups excluding carboxylic acids is 2. The molecular formula is C29H27NO7. The summed E-state index contributed by atoms with van der Waals surface area (Å²) in [4.78, 5) is 28.4. The molecule has 0 bridgehead atoms. The SMILES string of the molecule is CCCCOc1ccc(C2C(C(=O)c3cc4cccc(OC)c4o3)=C(O)C(=O)N2Cc2ccco2)cc1. The van der Waals surface area contributed by atoms with Crippen LogP contribution < -0.4 is 9.47 Å². The number of nitrogens with zero attached hydrogens (tertiary/aromatic N) is 1. The molecule has 1 N–H and O–H groups in total. The number of ether oxygens (including phenoxy) is 2. The van der Waals surface area contributed by atoms with Crippen LogP contribution in [0.15, 0.2) is 87.1 Å². The van der Waals surface area contributed by atoms with Gasteiger partial charge in [0.2, 0.25) is 5.78 Å². The highest BCUT2D eigenvalue weighted by atomic mass is 16.5. The van der Waals surface area contributed by atoms with Gasteiger partial charge in [-0.25, -0.2) is 0 Å². The van der Waals surface area contributed by atoms with E-state index in [0.29, 0.717) is 40.4 Å². The Labute approximate surface area is 213 Å².